The molecule has 3 heterocycles. The molecular formula is C22H29ClN6O. The van der Waals surface area contributed by atoms with Crippen molar-refractivity contribution in [1.82, 2.24) is 19.8 Å². The van der Waals surface area contributed by atoms with Gasteiger partial charge in [0.05, 0.1) is 6.20 Å². The molecule has 2 aliphatic heterocycles. The molecule has 0 spiro atoms. The number of rotatable bonds is 6. The van der Waals surface area contributed by atoms with Gasteiger partial charge in [-0.2, -0.15) is 0 Å². The minimum Gasteiger partial charge on any atom is -0.353 e. The molecule has 2 saturated heterocycles. The van der Waals surface area contributed by atoms with E-state index in [9.17, 15) is 4.79 Å². The SMILES string of the molecule is NCC1(c2ccc(Cl)cc2)CCN(C(C=O)N2CCN(c3cnccn3)CC2)CC1. The standard InChI is InChI=1S/C22H29ClN6O/c23-19-3-1-18(2-4-19)22(17-24)5-9-28(10-6-22)21(16-30)29-13-11-27(12-14-29)20-15-25-7-8-26-20/h1-4,7-8,15-16,21H,5-6,9-14,17,24H2. The van der Waals surface area contributed by atoms with Gasteiger partial charge in [0.2, 0.25) is 0 Å². The minimum absolute atomic E-state index is 0.0425. The third-order valence-electron chi connectivity index (χ3n) is 6.66. The summed E-state index contributed by atoms with van der Waals surface area (Å²) in [5, 5.41) is 0.741. The van der Waals surface area contributed by atoms with Gasteiger partial charge in [0.25, 0.3) is 0 Å². The van der Waals surface area contributed by atoms with Gasteiger partial charge in [0.15, 0.2) is 6.29 Å². The van der Waals surface area contributed by atoms with Crippen molar-refractivity contribution >= 4 is 23.7 Å². The summed E-state index contributed by atoms with van der Waals surface area (Å²) in [5.41, 5.74) is 7.43. The average Bonchev–Trinajstić information content (AvgIpc) is 2.82. The van der Waals surface area contributed by atoms with Crippen molar-refractivity contribution in [3.63, 3.8) is 0 Å². The first-order chi connectivity index (χ1) is 14.6. The van der Waals surface area contributed by atoms with Crippen LogP contribution < -0.4 is 10.6 Å². The predicted octanol–water partition coefficient (Wildman–Crippen LogP) is 1.77. The van der Waals surface area contributed by atoms with E-state index in [2.05, 4.69) is 36.8 Å². The van der Waals surface area contributed by atoms with Crippen LogP contribution in [0.25, 0.3) is 0 Å². The van der Waals surface area contributed by atoms with Crippen molar-refractivity contribution in [2.45, 2.75) is 24.4 Å². The van der Waals surface area contributed by atoms with E-state index >= 15 is 0 Å². The molecule has 2 aliphatic rings. The number of aldehydes is 1. The van der Waals surface area contributed by atoms with Crippen molar-refractivity contribution in [3.05, 3.63) is 53.4 Å². The highest BCUT2D eigenvalue weighted by Gasteiger charge is 2.38. The molecule has 0 amide bonds. The molecule has 1 aromatic heterocycles. The summed E-state index contributed by atoms with van der Waals surface area (Å²) < 4.78 is 0. The molecule has 2 aromatic rings. The third-order valence-corrected chi connectivity index (χ3v) is 6.91. The monoisotopic (exact) mass is 428 g/mol. The van der Waals surface area contributed by atoms with Crippen LogP contribution in [-0.4, -0.2) is 78.0 Å². The van der Waals surface area contributed by atoms with E-state index in [1.807, 2.05) is 12.1 Å². The van der Waals surface area contributed by atoms with Gasteiger partial charge in [-0.1, -0.05) is 23.7 Å². The number of nitrogens with two attached hydrogens (primary N) is 1. The van der Waals surface area contributed by atoms with Crippen LogP contribution in [0, 0.1) is 0 Å². The van der Waals surface area contributed by atoms with Gasteiger partial charge in [-0.25, -0.2) is 4.98 Å². The molecule has 2 N–H and O–H groups in total. The van der Waals surface area contributed by atoms with Crippen LogP contribution >= 0.6 is 11.6 Å². The Morgan fingerprint density at radius 2 is 1.70 bits per heavy atom. The lowest BCUT2D eigenvalue weighted by atomic mass is 9.73. The number of hydrogen-bond donors (Lipinski definition) is 1. The minimum atomic E-state index is -0.185. The number of carbonyl (C=O) groups is 1. The second-order valence-electron chi connectivity index (χ2n) is 8.16. The average molecular weight is 429 g/mol. The highest BCUT2D eigenvalue weighted by molar-refractivity contribution is 6.30. The van der Waals surface area contributed by atoms with Crippen LogP contribution in [-0.2, 0) is 10.2 Å². The maximum Gasteiger partial charge on any atom is 0.151 e. The quantitative estimate of drug-likeness (QED) is 0.702. The summed E-state index contributed by atoms with van der Waals surface area (Å²) in [7, 11) is 0. The molecule has 1 atom stereocenters. The van der Waals surface area contributed by atoms with Gasteiger partial charge in [-0.15, -0.1) is 0 Å². The van der Waals surface area contributed by atoms with E-state index in [1.54, 1.807) is 18.6 Å². The molecule has 30 heavy (non-hydrogen) atoms. The van der Waals surface area contributed by atoms with Gasteiger partial charge >= 0.3 is 0 Å². The number of carbonyl (C=O) groups excluding carboxylic acids is 1. The Morgan fingerprint density at radius 3 is 2.27 bits per heavy atom. The fourth-order valence-electron chi connectivity index (χ4n) is 4.70. The maximum atomic E-state index is 12.0. The highest BCUT2D eigenvalue weighted by Crippen LogP contribution is 2.36. The lowest BCUT2D eigenvalue weighted by molar-refractivity contribution is -0.120. The van der Waals surface area contributed by atoms with E-state index in [0.717, 1.165) is 69.2 Å². The Morgan fingerprint density at radius 1 is 1.03 bits per heavy atom. The zero-order valence-electron chi connectivity index (χ0n) is 17.2. The van der Waals surface area contributed by atoms with Crippen LogP contribution in [0.4, 0.5) is 5.82 Å². The second kappa shape index (κ2) is 9.39. The molecule has 1 aromatic carbocycles. The molecule has 0 saturated carbocycles. The van der Waals surface area contributed by atoms with Crippen molar-refractivity contribution in [3.8, 4) is 0 Å². The summed E-state index contributed by atoms with van der Waals surface area (Å²) >= 11 is 6.06. The van der Waals surface area contributed by atoms with Gasteiger partial charge in [-0.05, 0) is 30.5 Å². The van der Waals surface area contributed by atoms with E-state index in [0.29, 0.717) is 6.54 Å². The van der Waals surface area contributed by atoms with Crippen molar-refractivity contribution in [2.24, 2.45) is 5.73 Å². The zero-order chi connectivity index (χ0) is 21.0. The Bertz CT molecular complexity index is 817. The lowest BCUT2D eigenvalue weighted by Gasteiger charge is -2.47. The number of likely N-dealkylation sites (tertiary alicyclic amines) is 1. The summed E-state index contributed by atoms with van der Waals surface area (Å²) in [6.45, 7) is 5.65. The molecule has 1 unspecified atom stereocenters. The van der Waals surface area contributed by atoms with Gasteiger partial charge < -0.3 is 15.4 Å². The maximum absolute atomic E-state index is 12.0. The Kier molecular flexibility index (Phi) is 6.63. The van der Waals surface area contributed by atoms with Crippen LogP contribution in [0.1, 0.15) is 18.4 Å². The molecule has 0 radical (unpaired) electrons. The fourth-order valence-corrected chi connectivity index (χ4v) is 4.83. The molecular weight excluding hydrogens is 400 g/mol. The van der Waals surface area contributed by atoms with Gasteiger partial charge in [-0.3, -0.25) is 14.8 Å². The van der Waals surface area contributed by atoms with E-state index < -0.39 is 0 Å². The highest BCUT2D eigenvalue weighted by atomic mass is 35.5. The van der Waals surface area contributed by atoms with Gasteiger partial charge in [0, 0.05) is 68.6 Å². The van der Waals surface area contributed by atoms with Crippen molar-refractivity contribution in [2.75, 3.05) is 50.7 Å². The molecule has 0 aliphatic carbocycles. The summed E-state index contributed by atoms with van der Waals surface area (Å²) in [4.78, 5) is 27.4. The largest absolute Gasteiger partial charge is 0.353 e. The number of halogens is 1. The summed E-state index contributed by atoms with van der Waals surface area (Å²) in [6.07, 6.45) is 7.98. The normalized spacial score (nSPS) is 21.3. The summed E-state index contributed by atoms with van der Waals surface area (Å²) in [6, 6.07) is 8.05. The number of aromatic nitrogens is 2. The number of hydrogen-bond acceptors (Lipinski definition) is 7. The number of piperidine rings is 1. The first kappa shape index (κ1) is 21.2. The topological polar surface area (TPSA) is 78.6 Å². The van der Waals surface area contributed by atoms with Crippen LogP contribution in [0.5, 0.6) is 0 Å². The predicted molar refractivity (Wildman–Crippen MR) is 119 cm³/mol. The first-order valence-corrected chi connectivity index (χ1v) is 10.9. The van der Waals surface area contributed by atoms with Crippen LogP contribution in [0.15, 0.2) is 42.9 Å². The molecule has 7 nitrogen and oxygen atoms in total. The zero-order valence-corrected chi connectivity index (χ0v) is 17.9. The smallest absolute Gasteiger partial charge is 0.151 e. The molecule has 2 fully saturated rings. The summed E-state index contributed by atoms with van der Waals surface area (Å²) in [5.74, 6) is 0.897. The van der Waals surface area contributed by atoms with Gasteiger partial charge in [0.1, 0.15) is 12.0 Å². The second-order valence-corrected chi connectivity index (χ2v) is 8.60. The van der Waals surface area contributed by atoms with Crippen LogP contribution in [0.2, 0.25) is 5.02 Å². The number of nitrogens with zero attached hydrogens (tertiary/aromatic N) is 5. The van der Waals surface area contributed by atoms with E-state index in [1.165, 1.54) is 5.56 Å². The Labute approximate surface area is 182 Å². The van der Waals surface area contributed by atoms with Crippen molar-refractivity contribution < 1.29 is 4.79 Å². The number of benzene rings is 1. The Hall–Kier alpha value is -2.06. The molecule has 0 bridgehead atoms. The fraction of sp³-hybridized carbons (Fsp3) is 0.500. The lowest BCUT2D eigenvalue weighted by Crippen LogP contribution is -2.59. The molecule has 4 rings (SSSR count). The molecule has 160 valence electrons. The van der Waals surface area contributed by atoms with E-state index in [-0.39, 0.29) is 11.6 Å². The number of anilines is 1. The first-order valence-electron chi connectivity index (χ1n) is 10.6. The van der Waals surface area contributed by atoms with Crippen LogP contribution in [0.3, 0.4) is 0 Å². The third kappa shape index (κ3) is 4.34. The van der Waals surface area contributed by atoms with Crippen molar-refractivity contribution in [1.29, 1.82) is 0 Å². The molecule has 8 heteroatoms. The Balaban J connectivity index is 1.37. The number of piperazine rings is 1. The van der Waals surface area contributed by atoms with E-state index in [4.69, 9.17) is 17.3 Å².